The van der Waals surface area contributed by atoms with Crippen LogP contribution in [0.15, 0.2) is 48.5 Å². The van der Waals surface area contributed by atoms with E-state index in [-0.39, 0.29) is 5.91 Å². The topological polar surface area (TPSA) is 26.8 Å². The van der Waals surface area contributed by atoms with Crippen LogP contribution in [0.4, 0.5) is 5.69 Å². The maximum absolute atomic E-state index is 13.0. The molecule has 0 spiro atoms. The first-order chi connectivity index (χ1) is 14.3. The molecule has 4 nitrogen and oxygen atoms in total. The van der Waals surface area contributed by atoms with Gasteiger partial charge in [0.1, 0.15) is 0 Å². The third-order valence-electron chi connectivity index (χ3n) is 7.05. The number of piperazine rings is 1. The molecule has 3 aliphatic rings. The molecule has 2 heterocycles. The number of fused-ring (bicyclic) bond motifs is 1. The molecule has 5 rings (SSSR count). The zero-order valence-corrected chi connectivity index (χ0v) is 17.2. The van der Waals surface area contributed by atoms with Gasteiger partial charge in [-0.15, -0.1) is 0 Å². The molecular weight excluding hydrogens is 358 g/mol. The smallest absolute Gasteiger partial charge is 0.253 e. The molecular formula is C25H31N3O. The van der Waals surface area contributed by atoms with Gasteiger partial charge in [0.05, 0.1) is 0 Å². The third kappa shape index (κ3) is 3.91. The Kier molecular flexibility index (Phi) is 5.28. The molecule has 152 valence electrons. The van der Waals surface area contributed by atoms with E-state index in [1.54, 1.807) is 0 Å². The van der Waals surface area contributed by atoms with E-state index in [2.05, 4.69) is 46.2 Å². The van der Waals surface area contributed by atoms with Crippen molar-refractivity contribution in [3.05, 3.63) is 65.2 Å². The van der Waals surface area contributed by atoms with E-state index < -0.39 is 0 Å². The maximum Gasteiger partial charge on any atom is 0.253 e. The zero-order valence-electron chi connectivity index (χ0n) is 17.2. The molecule has 29 heavy (non-hydrogen) atoms. The van der Waals surface area contributed by atoms with Crippen molar-refractivity contribution < 1.29 is 4.79 Å². The normalized spacial score (nSPS) is 20.7. The van der Waals surface area contributed by atoms with Crippen molar-refractivity contribution in [3.63, 3.8) is 0 Å². The second-order valence-corrected chi connectivity index (χ2v) is 8.75. The summed E-state index contributed by atoms with van der Waals surface area (Å²) in [7, 11) is 0. The Morgan fingerprint density at radius 3 is 2.21 bits per heavy atom. The molecule has 1 aliphatic carbocycles. The van der Waals surface area contributed by atoms with Crippen molar-refractivity contribution >= 4 is 11.6 Å². The molecule has 0 unspecified atom stereocenters. The van der Waals surface area contributed by atoms with Gasteiger partial charge in [-0.05, 0) is 54.7 Å². The summed E-state index contributed by atoms with van der Waals surface area (Å²) in [6, 6.07) is 17.8. The van der Waals surface area contributed by atoms with E-state index >= 15 is 0 Å². The number of carbonyl (C=O) groups is 1. The number of amides is 1. The van der Waals surface area contributed by atoms with Crippen LogP contribution in [-0.2, 0) is 13.0 Å². The lowest BCUT2D eigenvalue weighted by atomic mass is 9.99. The monoisotopic (exact) mass is 389 g/mol. The van der Waals surface area contributed by atoms with E-state index in [0.29, 0.717) is 0 Å². The molecule has 2 aromatic carbocycles. The first kappa shape index (κ1) is 18.7. The zero-order chi connectivity index (χ0) is 19.6. The van der Waals surface area contributed by atoms with Crippen LogP contribution in [-0.4, -0.2) is 54.5 Å². The summed E-state index contributed by atoms with van der Waals surface area (Å²) in [5, 5.41) is 0. The molecule has 4 heteroatoms. The molecule has 1 saturated heterocycles. The van der Waals surface area contributed by atoms with Crippen LogP contribution in [0.2, 0.25) is 0 Å². The highest BCUT2D eigenvalue weighted by atomic mass is 16.2. The number of anilines is 1. The van der Waals surface area contributed by atoms with Gasteiger partial charge in [-0.25, -0.2) is 0 Å². The average molecular weight is 390 g/mol. The number of hydrogen-bond acceptors (Lipinski definition) is 3. The predicted molar refractivity (Wildman–Crippen MR) is 117 cm³/mol. The Bertz CT molecular complexity index is 849. The van der Waals surface area contributed by atoms with E-state index in [0.717, 1.165) is 57.3 Å². The van der Waals surface area contributed by atoms with Crippen LogP contribution in [0.1, 0.15) is 47.2 Å². The number of nitrogens with zero attached hydrogens (tertiary/aromatic N) is 3. The molecule has 1 saturated carbocycles. The minimum Gasteiger partial charge on any atom is -0.367 e. The van der Waals surface area contributed by atoms with Crippen LogP contribution in [0.3, 0.4) is 0 Å². The highest BCUT2D eigenvalue weighted by Crippen LogP contribution is 2.26. The standard InChI is InChI=1S/C25H31N3O/c29-25(27-17-15-26(16-18-27)23-7-3-4-8-23)21-9-11-24(12-10-21)28-14-13-20-5-1-2-6-22(20)19-28/h1-2,5-6,9-12,23H,3-4,7-8,13-19H2. The van der Waals surface area contributed by atoms with Gasteiger partial charge < -0.3 is 9.80 Å². The fraction of sp³-hybridized carbons (Fsp3) is 0.480. The van der Waals surface area contributed by atoms with E-state index in [1.807, 2.05) is 17.0 Å². The van der Waals surface area contributed by atoms with Gasteiger partial charge in [0, 0.05) is 56.6 Å². The largest absolute Gasteiger partial charge is 0.367 e. The summed E-state index contributed by atoms with van der Waals surface area (Å²) in [4.78, 5) is 20.0. The average Bonchev–Trinajstić information content (AvgIpc) is 3.33. The number of hydrogen-bond donors (Lipinski definition) is 0. The second kappa shape index (κ2) is 8.19. The molecule has 0 N–H and O–H groups in total. The number of benzene rings is 2. The summed E-state index contributed by atoms with van der Waals surface area (Å²) >= 11 is 0. The van der Waals surface area contributed by atoms with E-state index in [1.165, 1.54) is 42.5 Å². The van der Waals surface area contributed by atoms with Gasteiger partial charge in [-0.3, -0.25) is 9.69 Å². The third-order valence-corrected chi connectivity index (χ3v) is 7.05. The van der Waals surface area contributed by atoms with Crippen LogP contribution in [0, 0.1) is 0 Å². The summed E-state index contributed by atoms with van der Waals surface area (Å²) < 4.78 is 0. The number of carbonyl (C=O) groups excluding carboxylic acids is 1. The quantitative estimate of drug-likeness (QED) is 0.795. The Labute approximate surface area is 174 Å². The van der Waals surface area contributed by atoms with Gasteiger partial charge >= 0.3 is 0 Å². The summed E-state index contributed by atoms with van der Waals surface area (Å²) in [6.45, 7) is 5.77. The molecule has 0 aromatic heterocycles. The number of rotatable bonds is 3. The first-order valence-electron chi connectivity index (χ1n) is 11.2. The lowest BCUT2D eigenvalue weighted by Crippen LogP contribution is -2.51. The van der Waals surface area contributed by atoms with Gasteiger partial charge in [0.25, 0.3) is 5.91 Å². The Hall–Kier alpha value is -2.33. The van der Waals surface area contributed by atoms with E-state index in [9.17, 15) is 4.79 Å². The molecule has 0 atom stereocenters. The lowest BCUT2D eigenvalue weighted by molar-refractivity contribution is 0.0573. The molecule has 0 radical (unpaired) electrons. The fourth-order valence-corrected chi connectivity index (χ4v) is 5.27. The van der Waals surface area contributed by atoms with Gasteiger partial charge in [-0.2, -0.15) is 0 Å². The minimum atomic E-state index is 0.187. The van der Waals surface area contributed by atoms with Crippen LogP contribution in [0.25, 0.3) is 0 Å². The van der Waals surface area contributed by atoms with Gasteiger partial charge in [0.2, 0.25) is 0 Å². The lowest BCUT2D eigenvalue weighted by Gasteiger charge is -2.38. The van der Waals surface area contributed by atoms with Crippen LogP contribution < -0.4 is 4.90 Å². The van der Waals surface area contributed by atoms with Crippen LogP contribution in [0.5, 0.6) is 0 Å². The second-order valence-electron chi connectivity index (χ2n) is 8.75. The molecule has 2 aliphatic heterocycles. The highest BCUT2D eigenvalue weighted by Gasteiger charge is 2.28. The fourth-order valence-electron chi connectivity index (χ4n) is 5.27. The van der Waals surface area contributed by atoms with Crippen molar-refractivity contribution in [1.29, 1.82) is 0 Å². The summed E-state index contributed by atoms with van der Waals surface area (Å²) in [5.74, 6) is 0.187. The minimum absolute atomic E-state index is 0.187. The molecule has 2 fully saturated rings. The predicted octanol–water partition coefficient (Wildman–Crippen LogP) is 3.95. The van der Waals surface area contributed by atoms with Crippen molar-refractivity contribution in [3.8, 4) is 0 Å². The van der Waals surface area contributed by atoms with E-state index in [4.69, 9.17) is 0 Å². The van der Waals surface area contributed by atoms with Crippen molar-refractivity contribution in [2.24, 2.45) is 0 Å². The Morgan fingerprint density at radius 1 is 0.793 bits per heavy atom. The first-order valence-corrected chi connectivity index (χ1v) is 11.2. The van der Waals surface area contributed by atoms with Gasteiger partial charge in [0.15, 0.2) is 0 Å². The van der Waals surface area contributed by atoms with Crippen molar-refractivity contribution in [2.75, 3.05) is 37.6 Å². The summed E-state index contributed by atoms with van der Waals surface area (Å²) in [5.41, 5.74) is 4.91. The van der Waals surface area contributed by atoms with Gasteiger partial charge in [-0.1, -0.05) is 37.1 Å². The Balaban J connectivity index is 1.20. The van der Waals surface area contributed by atoms with Crippen LogP contribution >= 0.6 is 0 Å². The van der Waals surface area contributed by atoms with Crippen molar-refractivity contribution in [1.82, 2.24) is 9.80 Å². The SMILES string of the molecule is O=C(c1ccc(N2CCc3ccccc3C2)cc1)N1CCN(C2CCCC2)CC1. The molecule has 1 amide bonds. The molecule has 0 bridgehead atoms. The highest BCUT2D eigenvalue weighted by molar-refractivity contribution is 5.94. The molecule has 2 aromatic rings. The maximum atomic E-state index is 13.0. The van der Waals surface area contributed by atoms with Crippen molar-refractivity contribution in [2.45, 2.75) is 44.7 Å². The summed E-state index contributed by atoms with van der Waals surface area (Å²) in [6.07, 6.45) is 6.52. The Morgan fingerprint density at radius 2 is 1.48 bits per heavy atom.